The highest BCUT2D eigenvalue weighted by Gasteiger charge is 2.23. The standard InChI is InChI=1S/C12H23N3O2/c1-10(2)8-11(16)14-4-6-15(7-5-14)12(17)9-13-3/h10,13H,4-9H2,1-3H3. The average molecular weight is 241 g/mol. The van der Waals surface area contributed by atoms with Gasteiger partial charge in [-0.05, 0) is 13.0 Å². The molecule has 5 heteroatoms. The van der Waals surface area contributed by atoms with Crippen molar-refractivity contribution in [3.8, 4) is 0 Å². The van der Waals surface area contributed by atoms with Gasteiger partial charge in [0.05, 0.1) is 6.54 Å². The van der Waals surface area contributed by atoms with Gasteiger partial charge in [-0.25, -0.2) is 0 Å². The maximum Gasteiger partial charge on any atom is 0.236 e. The van der Waals surface area contributed by atoms with E-state index in [0.717, 1.165) is 0 Å². The summed E-state index contributed by atoms with van der Waals surface area (Å²) >= 11 is 0. The topological polar surface area (TPSA) is 52.7 Å². The lowest BCUT2D eigenvalue weighted by Gasteiger charge is -2.35. The van der Waals surface area contributed by atoms with Crippen LogP contribution in [-0.4, -0.2) is 61.4 Å². The number of amides is 2. The molecule has 0 saturated carbocycles. The van der Waals surface area contributed by atoms with Crippen LogP contribution >= 0.6 is 0 Å². The molecule has 0 aromatic heterocycles. The van der Waals surface area contributed by atoms with Crippen LogP contribution < -0.4 is 5.32 Å². The van der Waals surface area contributed by atoms with Crippen molar-refractivity contribution in [2.75, 3.05) is 39.8 Å². The summed E-state index contributed by atoms with van der Waals surface area (Å²) in [5.74, 6) is 0.718. The third-order valence-corrected chi connectivity index (χ3v) is 2.90. The van der Waals surface area contributed by atoms with E-state index in [1.807, 2.05) is 23.6 Å². The number of rotatable bonds is 4. The molecule has 98 valence electrons. The van der Waals surface area contributed by atoms with Gasteiger partial charge in [-0.15, -0.1) is 0 Å². The molecule has 2 amide bonds. The Hall–Kier alpha value is -1.10. The van der Waals surface area contributed by atoms with Crippen LogP contribution in [0.2, 0.25) is 0 Å². The van der Waals surface area contributed by atoms with Crippen molar-refractivity contribution in [1.82, 2.24) is 15.1 Å². The van der Waals surface area contributed by atoms with Gasteiger partial charge in [0.15, 0.2) is 0 Å². The normalized spacial score (nSPS) is 16.5. The van der Waals surface area contributed by atoms with E-state index in [2.05, 4.69) is 5.32 Å². The van der Waals surface area contributed by atoms with E-state index in [1.165, 1.54) is 0 Å². The van der Waals surface area contributed by atoms with Crippen molar-refractivity contribution >= 4 is 11.8 Å². The fraction of sp³-hybridized carbons (Fsp3) is 0.833. The summed E-state index contributed by atoms with van der Waals surface area (Å²) in [6.45, 7) is 7.12. The molecule has 5 nitrogen and oxygen atoms in total. The van der Waals surface area contributed by atoms with Gasteiger partial charge in [0, 0.05) is 32.6 Å². The first kappa shape index (κ1) is 14.0. The summed E-state index contributed by atoms with van der Waals surface area (Å²) in [6, 6.07) is 0. The number of hydrogen-bond acceptors (Lipinski definition) is 3. The van der Waals surface area contributed by atoms with Crippen LogP contribution in [0.4, 0.5) is 0 Å². The smallest absolute Gasteiger partial charge is 0.236 e. The molecule has 1 aliphatic rings. The van der Waals surface area contributed by atoms with Gasteiger partial charge < -0.3 is 15.1 Å². The summed E-state index contributed by atoms with van der Waals surface area (Å²) < 4.78 is 0. The molecule has 1 N–H and O–H groups in total. The minimum absolute atomic E-state index is 0.114. The number of carbonyl (C=O) groups is 2. The first-order chi connectivity index (χ1) is 8.04. The Bertz CT molecular complexity index is 271. The quantitative estimate of drug-likeness (QED) is 0.749. The molecule has 0 spiro atoms. The Kier molecular flexibility index (Phi) is 5.41. The predicted octanol–water partition coefficient (Wildman–Crippen LogP) is -0.0773. The summed E-state index contributed by atoms with van der Waals surface area (Å²) in [5, 5.41) is 2.85. The van der Waals surface area contributed by atoms with E-state index >= 15 is 0 Å². The molecule has 17 heavy (non-hydrogen) atoms. The summed E-state index contributed by atoms with van der Waals surface area (Å²) in [6.07, 6.45) is 0.602. The molecule has 1 aliphatic heterocycles. The average Bonchev–Trinajstić information content (AvgIpc) is 2.28. The molecule has 1 heterocycles. The van der Waals surface area contributed by atoms with Crippen LogP contribution in [0.15, 0.2) is 0 Å². The number of likely N-dealkylation sites (N-methyl/N-ethyl adjacent to an activating group) is 1. The monoisotopic (exact) mass is 241 g/mol. The van der Waals surface area contributed by atoms with Gasteiger partial charge in [0.1, 0.15) is 0 Å². The zero-order chi connectivity index (χ0) is 12.8. The van der Waals surface area contributed by atoms with Crippen molar-refractivity contribution in [3.63, 3.8) is 0 Å². The highest BCUT2D eigenvalue weighted by Crippen LogP contribution is 2.08. The Morgan fingerprint density at radius 3 is 1.94 bits per heavy atom. The van der Waals surface area contributed by atoms with Crippen LogP contribution in [0.25, 0.3) is 0 Å². The second-order valence-corrected chi connectivity index (χ2v) is 4.89. The second kappa shape index (κ2) is 6.59. The zero-order valence-corrected chi connectivity index (χ0v) is 11.0. The maximum atomic E-state index is 11.8. The lowest BCUT2D eigenvalue weighted by Crippen LogP contribution is -2.52. The molecular formula is C12H23N3O2. The Morgan fingerprint density at radius 1 is 1.06 bits per heavy atom. The number of nitrogens with zero attached hydrogens (tertiary/aromatic N) is 2. The van der Waals surface area contributed by atoms with Crippen LogP contribution in [-0.2, 0) is 9.59 Å². The SMILES string of the molecule is CNCC(=O)N1CCN(C(=O)CC(C)C)CC1. The van der Waals surface area contributed by atoms with Crippen molar-refractivity contribution in [2.45, 2.75) is 20.3 Å². The van der Waals surface area contributed by atoms with Crippen LogP contribution in [0, 0.1) is 5.92 Å². The lowest BCUT2D eigenvalue weighted by atomic mass is 10.1. The second-order valence-electron chi connectivity index (χ2n) is 4.89. The molecular weight excluding hydrogens is 218 g/mol. The Balaban J connectivity index is 2.35. The summed E-state index contributed by atoms with van der Waals surface area (Å²) in [4.78, 5) is 27.1. The molecule has 0 aromatic carbocycles. The molecule has 1 fully saturated rings. The Labute approximate surface area is 103 Å². The third-order valence-electron chi connectivity index (χ3n) is 2.90. The van der Waals surface area contributed by atoms with Crippen LogP contribution in [0.5, 0.6) is 0 Å². The number of hydrogen-bond donors (Lipinski definition) is 1. The molecule has 0 radical (unpaired) electrons. The largest absolute Gasteiger partial charge is 0.339 e. The molecule has 1 rings (SSSR count). The summed E-state index contributed by atoms with van der Waals surface area (Å²) in [7, 11) is 1.76. The highest BCUT2D eigenvalue weighted by atomic mass is 16.2. The van der Waals surface area contributed by atoms with Crippen molar-refractivity contribution in [2.24, 2.45) is 5.92 Å². The predicted molar refractivity (Wildman–Crippen MR) is 66.5 cm³/mol. The lowest BCUT2D eigenvalue weighted by molar-refractivity contribution is -0.139. The molecule has 0 aliphatic carbocycles. The van der Waals surface area contributed by atoms with Crippen molar-refractivity contribution < 1.29 is 9.59 Å². The van der Waals surface area contributed by atoms with E-state index in [-0.39, 0.29) is 11.8 Å². The van der Waals surface area contributed by atoms with E-state index in [1.54, 1.807) is 7.05 Å². The molecule has 0 unspecified atom stereocenters. The molecule has 0 atom stereocenters. The fourth-order valence-electron chi connectivity index (χ4n) is 1.95. The van der Waals surface area contributed by atoms with Gasteiger partial charge in [-0.2, -0.15) is 0 Å². The fourth-order valence-corrected chi connectivity index (χ4v) is 1.95. The molecule has 0 aromatic rings. The van der Waals surface area contributed by atoms with Crippen molar-refractivity contribution in [3.05, 3.63) is 0 Å². The van der Waals surface area contributed by atoms with Crippen LogP contribution in [0.3, 0.4) is 0 Å². The van der Waals surface area contributed by atoms with Gasteiger partial charge in [0.25, 0.3) is 0 Å². The number of carbonyl (C=O) groups excluding carboxylic acids is 2. The highest BCUT2D eigenvalue weighted by molar-refractivity contribution is 5.79. The maximum absolute atomic E-state index is 11.8. The summed E-state index contributed by atoms with van der Waals surface area (Å²) in [5.41, 5.74) is 0. The number of piperazine rings is 1. The zero-order valence-electron chi connectivity index (χ0n) is 11.0. The van der Waals surface area contributed by atoms with Gasteiger partial charge in [-0.3, -0.25) is 9.59 Å². The van der Waals surface area contributed by atoms with Crippen molar-refractivity contribution in [1.29, 1.82) is 0 Å². The minimum atomic E-state index is 0.114. The van der Waals surface area contributed by atoms with Crippen LogP contribution in [0.1, 0.15) is 20.3 Å². The third kappa shape index (κ3) is 4.34. The number of nitrogens with one attached hydrogen (secondary N) is 1. The Morgan fingerprint density at radius 2 is 1.53 bits per heavy atom. The van der Waals surface area contributed by atoms with E-state index < -0.39 is 0 Å². The molecule has 1 saturated heterocycles. The van der Waals surface area contributed by atoms with E-state index in [0.29, 0.717) is 45.1 Å². The van der Waals surface area contributed by atoms with E-state index in [9.17, 15) is 9.59 Å². The first-order valence-corrected chi connectivity index (χ1v) is 6.24. The van der Waals surface area contributed by atoms with E-state index in [4.69, 9.17) is 0 Å². The van der Waals surface area contributed by atoms with Gasteiger partial charge in [0.2, 0.25) is 11.8 Å². The molecule has 0 bridgehead atoms. The van der Waals surface area contributed by atoms with Gasteiger partial charge >= 0.3 is 0 Å². The first-order valence-electron chi connectivity index (χ1n) is 6.24. The van der Waals surface area contributed by atoms with Gasteiger partial charge in [-0.1, -0.05) is 13.8 Å². The minimum Gasteiger partial charge on any atom is -0.339 e.